The number of piperazine rings is 1. The van der Waals surface area contributed by atoms with Gasteiger partial charge < -0.3 is 28.7 Å². The first-order valence-corrected chi connectivity index (χ1v) is 11.6. The third-order valence-corrected chi connectivity index (χ3v) is 6.26. The fraction of sp³-hybridized carbons (Fsp3) is 0.600. The highest BCUT2D eigenvalue weighted by atomic mass is 35.5. The molecule has 1 aromatic carbocycles. The molecule has 0 aromatic heterocycles. The Labute approximate surface area is 204 Å². The van der Waals surface area contributed by atoms with Crippen molar-refractivity contribution in [1.82, 2.24) is 14.7 Å². The molecule has 2 amide bonds. The summed E-state index contributed by atoms with van der Waals surface area (Å²) in [5.41, 5.74) is -1.90. The molecule has 0 spiro atoms. The monoisotopic (exact) mass is 527 g/mol. The number of benzene rings is 1. The van der Waals surface area contributed by atoms with Gasteiger partial charge in [-0.2, -0.15) is 13.2 Å². The number of amides is 2. The third kappa shape index (κ3) is 6.96. The number of anilines is 1. The summed E-state index contributed by atoms with van der Waals surface area (Å²) < 4.78 is 69.1. The predicted molar refractivity (Wildman–Crippen MR) is 120 cm³/mol. The molecule has 3 rings (SSSR count). The quantitative estimate of drug-likeness (QED) is 0.569. The van der Waals surface area contributed by atoms with Gasteiger partial charge in [0.2, 0.25) is 5.91 Å². The van der Waals surface area contributed by atoms with Gasteiger partial charge in [-0.1, -0.05) is 12.1 Å². The maximum atomic E-state index is 13.4. The number of hydrogen-bond donors (Lipinski definition) is 1. The molecule has 34 heavy (non-hydrogen) atoms. The Morgan fingerprint density at radius 3 is 2.47 bits per heavy atom. The number of methoxy groups -OCH3 is 1. The Kier molecular flexibility index (Phi) is 9.97. The summed E-state index contributed by atoms with van der Waals surface area (Å²) in [6.45, 7) is 2.93. The van der Waals surface area contributed by atoms with Crippen molar-refractivity contribution in [3.63, 3.8) is 0 Å². The summed E-state index contributed by atoms with van der Waals surface area (Å²) in [7, 11) is 1.28. The van der Waals surface area contributed by atoms with Crippen LogP contribution in [0, 0.1) is 0 Å². The van der Waals surface area contributed by atoms with E-state index in [1.54, 1.807) is 9.62 Å². The number of carbonyl (C=O) groups excluding carboxylic acids is 2. The lowest BCUT2D eigenvalue weighted by molar-refractivity contribution is -0.138. The van der Waals surface area contributed by atoms with Crippen molar-refractivity contribution in [2.45, 2.75) is 31.5 Å². The zero-order valence-electron chi connectivity index (χ0n) is 18.5. The fourth-order valence-electron chi connectivity index (χ4n) is 4.35. The average Bonchev–Trinajstić information content (AvgIpc) is 3.26. The van der Waals surface area contributed by atoms with Gasteiger partial charge in [0.05, 0.1) is 30.8 Å². The van der Waals surface area contributed by atoms with Gasteiger partial charge in [0.15, 0.2) is 0 Å². The number of hydrogen-bond acceptors (Lipinski definition) is 6. The van der Waals surface area contributed by atoms with E-state index in [2.05, 4.69) is 4.90 Å². The molecule has 2 aliphatic heterocycles. The maximum Gasteiger partial charge on any atom is 0.418 e. The van der Waals surface area contributed by atoms with Crippen LogP contribution in [-0.2, 0) is 33.4 Å². The first kappa shape index (κ1) is 28.1. The molecule has 1 aromatic rings. The molecule has 2 fully saturated rings. The van der Waals surface area contributed by atoms with Crippen LogP contribution in [0.4, 0.5) is 23.7 Å². The number of rotatable bonds is 6. The minimum absolute atomic E-state index is 0. The molecule has 2 heterocycles. The number of likely N-dealkylation sites (tertiary alicyclic amines) is 1. The highest BCUT2D eigenvalue weighted by molar-refractivity contribution is 7.80. The molecule has 0 bridgehead atoms. The Hall–Kier alpha value is -2.09. The largest absolute Gasteiger partial charge is 0.755 e. The van der Waals surface area contributed by atoms with Crippen LogP contribution in [-0.4, -0.2) is 87.9 Å². The van der Waals surface area contributed by atoms with Gasteiger partial charge in [0.25, 0.3) is 0 Å². The maximum absolute atomic E-state index is 13.4. The molecule has 2 aliphatic rings. The second-order valence-electron chi connectivity index (χ2n) is 8.02. The standard InChI is InChI=1S/C20H27F3N4O5S.ClH/c1-32-19(29)26-9-10-27(15(13-26)12-25-7-2-3-8-25)17(28)11-14-5-4-6-16(20(21,22)23)18(14)24-33(30)31;/h4-6,15,24H,2-3,7-13H2,1H3,(H,30,31);1H/p-1. The van der Waals surface area contributed by atoms with E-state index in [0.29, 0.717) is 6.54 Å². The van der Waals surface area contributed by atoms with Gasteiger partial charge in [-0.05, 0) is 37.6 Å². The van der Waals surface area contributed by atoms with Crippen molar-refractivity contribution in [3.8, 4) is 0 Å². The number of nitrogens with one attached hydrogen (secondary N) is 1. The van der Waals surface area contributed by atoms with E-state index in [0.717, 1.165) is 38.1 Å². The zero-order chi connectivity index (χ0) is 24.2. The Morgan fingerprint density at radius 1 is 1.21 bits per heavy atom. The van der Waals surface area contributed by atoms with E-state index in [9.17, 15) is 31.5 Å². The lowest BCUT2D eigenvalue weighted by Gasteiger charge is -2.42. The van der Waals surface area contributed by atoms with Crippen molar-refractivity contribution < 1.29 is 36.3 Å². The molecular weight excluding hydrogens is 501 g/mol. The lowest BCUT2D eigenvalue weighted by Crippen LogP contribution is -2.59. The average molecular weight is 528 g/mol. The van der Waals surface area contributed by atoms with Crippen LogP contribution in [0.3, 0.4) is 0 Å². The van der Waals surface area contributed by atoms with Crippen molar-refractivity contribution in [2.24, 2.45) is 0 Å². The van der Waals surface area contributed by atoms with Crippen LogP contribution >= 0.6 is 12.4 Å². The van der Waals surface area contributed by atoms with E-state index >= 15 is 0 Å². The zero-order valence-corrected chi connectivity index (χ0v) is 20.1. The third-order valence-electron chi connectivity index (χ3n) is 5.89. The lowest BCUT2D eigenvalue weighted by atomic mass is 10.0. The van der Waals surface area contributed by atoms with Gasteiger partial charge in [-0.25, -0.2) is 4.79 Å². The summed E-state index contributed by atoms with van der Waals surface area (Å²) >= 11 is -3.00. The summed E-state index contributed by atoms with van der Waals surface area (Å²) in [6.07, 6.45) is -3.65. The van der Waals surface area contributed by atoms with Crippen LogP contribution in [0.5, 0.6) is 0 Å². The Balaban J connectivity index is 0.00000408. The fourth-order valence-corrected chi connectivity index (χ4v) is 4.76. The number of ether oxygens (including phenoxy) is 1. The molecule has 2 saturated heterocycles. The van der Waals surface area contributed by atoms with Crippen LogP contribution in [0.1, 0.15) is 24.0 Å². The summed E-state index contributed by atoms with van der Waals surface area (Å²) in [5.74, 6) is -0.442. The molecule has 2 unspecified atom stereocenters. The van der Waals surface area contributed by atoms with Crippen molar-refractivity contribution in [2.75, 3.05) is 51.1 Å². The summed E-state index contributed by atoms with van der Waals surface area (Å²) in [6, 6.07) is 2.83. The second kappa shape index (κ2) is 12.0. The number of para-hydroxylation sites is 1. The first-order valence-electron chi connectivity index (χ1n) is 10.5. The molecule has 0 radical (unpaired) electrons. The molecule has 14 heteroatoms. The number of halogens is 4. The normalized spacial score (nSPS) is 20.0. The number of carbonyl (C=O) groups is 2. The van der Waals surface area contributed by atoms with Crippen LogP contribution in [0.25, 0.3) is 0 Å². The van der Waals surface area contributed by atoms with Crippen molar-refractivity contribution in [3.05, 3.63) is 29.3 Å². The van der Waals surface area contributed by atoms with E-state index in [1.165, 1.54) is 18.1 Å². The van der Waals surface area contributed by atoms with Gasteiger partial charge in [0.1, 0.15) is 0 Å². The van der Waals surface area contributed by atoms with E-state index in [4.69, 9.17) is 4.74 Å². The summed E-state index contributed by atoms with van der Waals surface area (Å²) in [5, 5.41) is 0. The van der Waals surface area contributed by atoms with Gasteiger partial charge in [-0.3, -0.25) is 9.00 Å². The summed E-state index contributed by atoms with van der Waals surface area (Å²) in [4.78, 5) is 30.5. The topological polar surface area (TPSA) is 105 Å². The van der Waals surface area contributed by atoms with Crippen LogP contribution < -0.4 is 4.72 Å². The predicted octanol–water partition coefficient (Wildman–Crippen LogP) is 2.25. The molecule has 1 N–H and O–H groups in total. The van der Waals surface area contributed by atoms with Crippen LogP contribution in [0.15, 0.2) is 18.2 Å². The van der Waals surface area contributed by atoms with Crippen LogP contribution in [0.2, 0.25) is 0 Å². The second-order valence-corrected chi connectivity index (χ2v) is 8.69. The SMILES string of the molecule is COC(=O)N1CCN(C(=O)Cc2cccc(C(F)(F)F)c2NS(=O)[O-])C(CN2CCCC2)C1.Cl. The van der Waals surface area contributed by atoms with Gasteiger partial charge in [-0.15, -0.1) is 12.4 Å². The Morgan fingerprint density at radius 2 is 1.88 bits per heavy atom. The molecule has 2 atom stereocenters. The molecular formula is C20H27ClF3N4O5S-. The van der Waals surface area contributed by atoms with Gasteiger partial charge >= 0.3 is 12.3 Å². The molecule has 192 valence electrons. The van der Waals surface area contributed by atoms with Crippen molar-refractivity contribution in [1.29, 1.82) is 0 Å². The smallest absolute Gasteiger partial charge is 0.418 e. The minimum Gasteiger partial charge on any atom is -0.755 e. The Bertz CT molecular complexity index is 901. The minimum atomic E-state index is -4.80. The van der Waals surface area contributed by atoms with E-state index < -0.39 is 47.1 Å². The highest BCUT2D eigenvalue weighted by Gasteiger charge is 2.37. The van der Waals surface area contributed by atoms with Crippen molar-refractivity contribution >= 4 is 41.4 Å². The molecule has 0 aliphatic carbocycles. The van der Waals surface area contributed by atoms with E-state index in [-0.39, 0.29) is 43.6 Å². The number of nitrogens with zero attached hydrogens (tertiary/aromatic N) is 3. The molecule has 0 saturated carbocycles. The van der Waals surface area contributed by atoms with Gasteiger partial charge in [0, 0.05) is 37.4 Å². The van der Waals surface area contributed by atoms with E-state index in [1.807, 2.05) is 0 Å². The molecule has 9 nitrogen and oxygen atoms in total. The highest BCUT2D eigenvalue weighted by Crippen LogP contribution is 2.37. The number of alkyl halides is 3. The first-order chi connectivity index (χ1) is 15.6.